The third-order valence-electron chi connectivity index (χ3n) is 3.85. The molecule has 0 spiro atoms. The van der Waals surface area contributed by atoms with Crippen molar-refractivity contribution in [2.75, 3.05) is 17.2 Å². The number of aromatic amines is 1. The highest BCUT2D eigenvalue weighted by Gasteiger charge is 2.24. The number of rotatable bonds is 3. The summed E-state index contributed by atoms with van der Waals surface area (Å²) in [6.45, 7) is 0.621. The Bertz CT molecular complexity index is 843. The van der Waals surface area contributed by atoms with Gasteiger partial charge in [-0.15, -0.1) is 0 Å². The molecule has 22 heavy (non-hydrogen) atoms. The minimum atomic E-state index is 0.0416. The van der Waals surface area contributed by atoms with E-state index >= 15 is 0 Å². The zero-order valence-electron chi connectivity index (χ0n) is 11.7. The summed E-state index contributed by atoms with van der Waals surface area (Å²) in [6.07, 6.45) is 3.53. The van der Waals surface area contributed by atoms with E-state index in [0.717, 1.165) is 16.8 Å². The first-order valence-electron chi connectivity index (χ1n) is 7.08. The van der Waals surface area contributed by atoms with Crippen molar-refractivity contribution in [3.05, 3.63) is 42.5 Å². The molecule has 3 N–H and O–H groups in total. The first kappa shape index (κ1) is 12.8. The number of amides is 1. The standard InChI is InChI=1S/C15H14N6O/c22-12-5-9(10-3-1-2-4-11(10)21-12)6-16-14-13-15(18-7-17-13)20-8-19-14/h1-4,7-9H,5-6H2,(H,21,22)(H2,16,17,18,19,20). The predicted molar refractivity (Wildman–Crippen MR) is 82.6 cm³/mol. The van der Waals surface area contributed by atoms with E-state index in [2.05, 4.69) is 30.6 Å². The SMILES string of the molecule is O=C1CC(CNc2ncnc3nc[nH]c23)c2ccccc2N1. The number of carbonyl (C=O) groups is 1. The Balaban J connectivity index is 1.59. The molecule has 110 valence electrons. The van der Waals surface area contributed by atoms with E-state index < -0.39 is 0 Å². The van der Waals surface area contributed by atoms with Crippen LogP contribution in [0.25, 0.3) is 11.2 Å². The van der Waals surface area contributed by atoms with Gasteiger partial charge >= 0.3 is 0 Å². The highest BCUT2D eigenvalue weighted by molar-refractivity contribution is 5.94. The lowest BCUT2D eigenvalue weighted by atomic mass is 9.90. The van der Waals surface area contributed by atoms with Crippen LogP contribution in [0.3, 0.4) is 0 Å². The Kier molecular flexibility index (Phi) is 2.96. The number of aromatic nitrogens is 4. The van der Waals surface area contributed by atoms with E-state index in [1.807, 2.05) is 24.3 Å². The largest absolute Gasteiger partial charge is 0.368 e. The Morgan fingerprint density at radius 3 is 3.09 bits per heavy atom. The normalized spacial score (nSPS) is 17.1. The zero-order valence-corrected chi connectivity index (χ0v) is 11.7. The summed E-state index contributed by atoms with van der Waals surface area (Å²) < 4.78 is 0. The van der Waals surface area contributed by atoms with Gasteiger partial charge in [-0.1, -0.05) is 18.2 Å². The molecular weight excluding hydrogens is 280 g/mol. The van der Waals surface area contributed by atoms with Gasteiger partial charge in [0.05, 0.1) is 6.33 Å². The van der Waals surface area contributed by atoms with Crippen LogP contribution in [0.4, 0.5) is 11.5 Å². The van der Waals surface area contributed by atoms with E-state index in [9.17, 15) is 4.79 Å². The average Bonchev–Trinajstić information content (AvgIpc) is 3.01. The van der Waals surface area contributed by atoms with Crippen molar-refractivity contribution in [3.8, 4) is 0 Å². The van der Waals surface area contributed by atoms with Gasteiger partial charge in [0.25, 0.3) is 0 Å². The molecule has 3 aromatic rings. The molecule has 1 aliphatic rings. The fourth-order valence-corrected chi connectivity index (χ4v) is 2.80. The molecule has 7 nitrogen and oxygen atoms in total. The average molecular weight is 294 g/mol. The second-order valence-electron chi connectivity index (χ2n) is 5.24. The molecule has 1 aromatic carbocycles. The second kappa shape index (κ2) is 5.10. The number of hydrogen-bond acceptors (Lipinski definition) is 5. The summed E-state index contributed by atoms with van der Waals surface area (Å²) in [7, 11) is 0. The number of fused-ring (bicyclic) bond motifs is 2. The number of nitrogens with zero attached hydrogens (tertiary/aromatic N) is 3. The highest BCUT2D eigenvalue weighted by Crippen LogP contribution is 2.32. The van der Waals surface area contributed by atoms with Crippen molar-refractivity contribution in [2.24, 2.45) is 0 Å². The van der Waals surface area contributed by atoms with Crippen LogP contribution in [0.1, 0.15) is 17.9 Å². The number of imidazole rings is 1. The van der Waals surface area contributed by atoms with E-state index in [-0.39, 0.29) is 11.8 Å². The van der Waals surface area contributed by atoms with Gasteiger partial charge in [0.2, 0.25) is 5.91 Å². The molecule has 2 aromatic heterocycles. The maximum Gasteiger partial charge on any atom is 0.225 e. The third kappa shape index (κ3) is 2.16. The van der Waals surface area contributed by atoms with Crippen LogP contribution in [-0.2, 0) is 4.79 Å². The molecular formula is C15H14N6O. The molecule has 0 saturated carbocycles. The lowest BCUT2D eigenvalue weighted by Crippen LogP contribution is -2.27. The van der Waals surface area contributed by atoms with E-state index in [1.165, 1.54) is 6.33 Å². The van der Waals surface area contributed by atoms with Gasteiger partial charge in [-0.3, -0.25) is 4.79 Å². The highest BCUT2D eigenvalue weighted by atomic mass is 16.1. The van der Waals surface area contributed by atoms with Gasteiger partial charge in [0, 0.05) is 24.6 Å². The fourth-order valence-electron chi connectivity index (χ4n) is 2.80. The zero-order chi connectivity index (χ0) is 14.9. The topological polar surface area (TPSA) is 95.6 Å². The Hall–Kier alpha value is -2.96. The van der Waals surface area contributed by atoms with Crippen LogP contribution in [0, 0.1) is 0 Å². The summed E-state index contributed by atoms with van der Waals surface area (Å²) in [5, 5.41) is 6.21. The third-order valence-corrected chi connectivity index (χ3v) is 3.85. The summed E-state index contributed by atoms with van der Waals surface area (Å²) in [4.78, 5) is 27.3. The second-order valence-corrected chi connectivity index (χ2v) is 5.24. The van der Waals surface area contributed by atoms with Gasteiger partial charge in [-0.2, -0.15) is 0 Å². The summed E-state index contributed by atoms with van der Waals surface area (Å²) in [5.74, 6) is 0.851. The molecule has 1 amide bonds. The quantitative estimate of drug-likeness (QED) is 0.685. The molecule has 3 heterocycles. The van der Waals surface area contributed by atoms with Crippen LogP contribution in [-0.4, -0.2) is 32.4 Å². The van der Waals surface area contributed by atoms with Crippen molar-refractivity contribution in [1.82, 2.24) is 19.9 Å². The van der Waals surface area contributed by atoms with Gasteiger partial charge in [0.1, 0.15) is 11.8 Å². The molecule has 1 aliphatic heterocycles. The fraction of sp³-hybridized carbons (Fsp3) is 0.200. The summed E-state index contributed by atoms with van der Waals surface area (Å²) >= 11 is 0. The van der Waals surface area contributed by atoms with Crippen LogP contribution in [0.2, 0.25) is 0 Å². The molecule has 0 saturated heterocycles. The summed E-state index contributed by atoms with van der Waals surface area (Å²) in [6, 6.07) is 7.89. The number of H-pyrrole nitrogens is 1. The van der Waals surface area contributed by atoms with E-state index in [0.29, 0.717) is 24.4 Å². The van der Waals surface area contributed by atoms with Gasteiger partial charge in [0.15, 0.2) is 11.5 Å². The first-order valence-corrected chi connectivity index (χ1v) is 7.08. The summed E-state index contributed by atoms with van der Waals surface area (Å²) in [5.41, 5.74) is 3.43. The molecule has 0 radical (unpaired) electrons. The van der Waals surface area contributed by atoms with Crippen molar-refractivity contribution < 1.29 is 4.79 Å². The lowest BCUT2D eigenvalue weighted by Gasteiger charge is -2.25. The number of hydrogen-bond donors (Lipinski definition) is 3. The minimum absolute atomic E-state index is 0.0416. The molecule has 7 heteroatoms. The smallest absolute Gasteiger partial charge is 0.225 e. The van der Waals surface area contributed by atoms with Crippen molar-refractivity contribution in [2.45, 2.75) is 12.3 Å². The van der Waals surface area contributed by atoms with E-state index in [1.54, 1.807) is 6.33 Å². The van der Waals surface area contributed by atoms with Crippen molar-refractivity contribution in [1.29, 1.82) is 0 Å². The molecule has 0 bridgehead atoms. The first-order chi connectivity index (χ1) is 10.8. The molecule has 4 rings (SSSR count). The van der Waals surface area contributed by atoms with Crippen LogP contribution in [0.15, 0.2) is 36.9 Å². The van der Waals surface area contributed by atoms with Crippen molar-refractivity contribution >= 4 is 28.6 Å². The Labute approximate surface area is 126 Å². The van der Waals surface area contributed by atoms with Gasteiger partial charge < -0.3 is 15.6 Å². The van der Waals surface area contributed by atoms with Crippen LogP contribution < -0.4 is 10.6 Å². The maximum absolute atomic E-state index is 11.8. The Morgan fingerprint density at radius 1 is 1.23 bits per heavy atom. The number of benzene rings is 1. The minimum Gasteiger partial charge on any atom is -0.368 e. The monoisotopic (exact) mass is 294 g/mol. The van der Waals surface area contributed by atoms with Crippen molar-refractivity contribution in [3.63, 3.8) is 0 Å². The van der Waals surface area contributed by atoms with Crippen LogP contribution in [0.5, 0.6) is 0 Å². The lowest BCUT2D eigenvalue weighted by molar-refractivity contribution is -0.116. The molecule has 1 atom stereocenters. The number of carbonyl (C=O) groups excluding carboxylic acids is 1. The van der Waals surface area contributed by atoms with Gasteiger partial charge in [-0.05, 0) is 11.6 Å². The van der Waals surface area contributed by atoms with Crippen LogP contribution >= 0.6 is 0 Å². The molecule has 0 fully saturated rings. The predicted octanol–water partition coefficient (Wildman–Crippen LogP) is 1.89. The number of nitrogens with one attached hydrogen (secondary N) is 3. The molecule has 1 unspecified atom stereocenters. The maximum atomic E-state index is 11.8. The number of anilines is 2. The Morgan fingerprint density at radius 2 is 2.14 bits per heavy atom. The number of para-hydroxylation sites is 1. The van der Waals surface area contributed by atoms with E-state index in [4.69, 9.17) is 0 Å². The molecule has 0 aliphatic carbocycles. The van der Waals surface area contributed by atoms with Gasteiger partial charge in [-0.25, -0.2) is 15.0 Å².